The first-order chi connectivity index (χ1) is 8.86. The van der Waals surface area contributed by atoms with E-state index in [1.165, 1.54) is 0 Å². The Balaban J connectivity index is 1.88. The lowest BCUT2D eigenvalue weighted by molar-refractivity contribution is 0.0103. The van der Waals surface area contributed by atoms with Gasteiger partial charge in [0.15, 0.2) is 5.78 Å². The molecule has 1 unspecified atom stereocenters. The zero-order valence-electron chi connectivity index (χ0n) is 10.6. The number of carbonyl (C=O) groups is 1. The topological polar surface area (TPSA) is 35.5 Å². The average molecular weight is 248 g/mol. The maximum absolute atomic E-state index is 12.1. The van der Waals surface area contributed by atoms with Gasteiger partial charge in [-0.2, -0.15) is 0 Å². The van der Waals surface area contributed by atoms with E-state index in [-0.39, 0.29) is 11.9 Å². The van der Waals surface area contributed by atoms with Crippen molar-refractivity contribution in [1.82, 2.24) is 0 Å². The fourth-order valence-corrected chi connectivity index (χ4v) is 2.14. The predicted octanol–water partition coefficient (Wildman–Crippen LogP) is 2.85. The second-order valence-corrected chi connectivity index (χ2v) is 4.59. The Morgan fingerprint density at radius 1 is 1.11 bits per heavy atom. The van der Waals surface area contributed by atoms with Crippen LogP contribution in [0.5, 0.6) is 0 Å². The normalized spacial score (nSPS) is 21.7. The fraction of sp³-hybridized carbons (Fsp3) is 0.533. The van der Waals surface area contributed by atoms with Gasteiger partial charge in [-0.05, 0) is 19.3 Å². The van der Waals surface area contributed by atoms with Gasteiger partial charge in [-0.3, -0.25) is 4.79 Å². The Labute approximate surface area is 108 Å². The highest BCUT2D eigenvalue weighted by molar-refractivity contribution is 5.96. The molecule has 0 saturated carbocycles. The van der Waals surface area contributed by atoms with E-state index >= 15 is 0 Å². The molecule has 0 amide bonds. The lowest BCUT2D eigenvalue weighted by Crippen LogP contribution is -2.19. The van der Waals surface area contributed by atoms with Gasteiger partial charge in [0.1, 0.15) is 0 Å². The second kappa shape index (κ2) is 7.29. The molecule has 98 valence electrons. The second-order valence-electron chi connectivity index (χ2n) is 4.59. The summed E-state index contributed by atoms with van der Waals surface area (Å²) in [4.78, 5) is 12.1. The Morgan fingerprint density at radius 2 is 1.94 bits per heavy atom. The van der Waals surface area contributed by atoms with E-state index < -0.39 is 0 Å². The monoisotopic (exact) mass is 248 g/mol. The zero-order valence-corrected chi connectivity index (χ0v) is 10.6. The minimum absolute atomic E-state index is 0.0411. The van der Waals surface area contributed by atoms with E-state index in [4.69, 9.17) is 9.47 Å². The predicted molar refractivity (Wildman–Crippen MR) is 69.8 cm³/mol. The van der Waals surface area contributed by atoms with Gasteiger partial charge in [-0.25, -0.2) is 0 Å². The summed E-state index contributed by atoms with van der Waals surface area (Å²) in [6.45, 7) is 2.03. The molecule has 0 aromatic heterocycles. The highest BCUT2D eigenvalue weighted by atomic mass is 16.5. The van der Waals surface area contributed by atoms with Gasteiger partial charge < -0.3 is 9.47 Å². The van der Waals surface area contributed by atoms with Crippen LogP contribution in [0.15, 0.2) is 30.3 Å². The van der Waals surface area contributed by atoms with Gasteiger partial charge in [0.05, 0.1) is 19.3 Å². The maximum atomic E-state index is 12.1. The molecule has 0 radical (unpaired) electrons. The maximum Gasteiger partial charge on any atom is 0.165 e. The van der Waals surface area contributed by atoms with Crippen molar-refractivity contribution in [3.63, 3.8) is 0 Å². The van der Waals surface area contributed by atoms with Gasteiger partial charge in [0.2, 0.25) is 0 Å². The number of carbonyl (C=O) groups excluding carboxylic acids is 1. The summed E-state index contributed by atoms with van der Waals surface area (Å²) in [5, 5.41) is 0. The molecule has 0 N–H and O–H groups in total. The highest BCUT2D eigenvalue weighted by Crippen LogP contribution is 2.14. The summed E-state index contributed by atoms with van der Waals surface area (Å²) in [6, 6.07) is 9.43. The van der Waals surface area contributed by atoms with Gasteiger partial charge in [-0.1, -0.05) is 30.3 Å². The summed E-state index contributed by atoms with van der Waals surface area (Å²) in [7, 11) is 0. The molecule has 18 heavy (non-hydrogen) atoms. The van der Waals surface area contributed by atoms with Crippen molar-refractivity contribution in [2.24, 2.45) is 0 Å². The Hall–Kier alpha value is -1.19. The molecule has 0 bridgehead atoms. The molecule has 1 aliphatic heterocycles. The number of ether oxygens (including phenoxy) is 2. The van der Waals surface area contributed by atoms with Crippen molar-refractivity contribution in [1.29, 1.82) is 0 Å². The molecule has 1 heterocycles. The third-order valence-electron chi connectivity index (χ3n) is 3.15. The van der Waals surface area contributed by atoms with Crippen LogP contribution in [0.4, 0.5) is 0 Å². The Bertz CT molecular complexity index is 351. The summed E-state index contributed by atoms with van der Waals surface area (Å²) in [6.07, 6.45) is 3.58. The van der Waals surface area contributed by atoms with Crippen LogP contribution >= 0.6 is 0 Å². The molecule has 2 rings (SSSR count). The van der Waals surface area contributed by atoms with E-state index in [2.05, 4.69) is 0 Å². The Kier molecular flexibility index (Phi) is 5.36. The van der Waals surface area contributed by atoms with Gasteiger partial charge >= 0.3 is 0 Å². The number of ketones is 1. The van der Waals surface area contributed by atoms with Crippen molar-refractivity contribution in [2.75, 3.05) is 19.8 Å². The smallest absolute Gasteiger partial charge is 0.165 e. The first-order valence-electron chi connectivity index (χ1n) is 6.64. The van der Waals surface area contributed by atoms with Crippen LogP contribution in [0.3, 0.4) is 0 Å². The lowest BCUT2D eigenvalue weighted by Gasteiger charge is -2.15. The van der Waals surface area contributed by atoms with E-state index in [1.807, 2.05) is 30.3 Å². The number of Topliss-reactive ketones (excluding diaryl/α,β-unsaturated/α-hetero) is 1. The number of rotatable bonds is 3. The van der Waals surface area contributed by atoms with Crippen LogP contribution < -0.4 is 0 Å². The molecule has 1 atom stereocenters. The Morgan fingerprint density at radius 3 is 2.78 bits per heavy atom. The van der Waals surface area contributed by atoms with E-state index in [0.717, 1.165) is 31.4 Å². The minimum Gasteiger partial charge on any atom is -0.379 e. The van der Waals surface area contributed by atoms with Gasteiger partial charge in [0, 0.05) is 18.6 Å². The number of hydrogen-bond acceptors (Lipinski definition) is 3. The van der Waals surface area contributed by atoms with Crippen LogP contribution in [0.25, 0.3) is 0 Å². The van der Waals surface area contributed by atoms with Crippen molar-refractivity contribution >= 4 is 5.78 Å². The molecule has 1 aliphatic rings. The first kappa shape index (κ1) is 13.2. The zero-order chi connectivity index (χ0) is 12.6. The molecule has 3 heteroatoms. The molecule has 0 spiro atoms. The third kappa shape index (κ3) is 4.24. The number of hydrogen-bond donors (Lipinski definition) is 0. The SMILES string of the molecule is O=C(CC1CCCCOCCO1)c1ccccc1. The minimum atomic E-state index is 0.0411. The molecular formula is C15H20O3. The molecule has 1 aromatic carbocycles. The van der Waals surface area contributed by atoms with Crippen molar-refractivity contribution in [2.45, 2.75) is 31.8 Å². The summed E-state index contributed by atoms with van der Waals surface area (Å²) in [5.41, 5.74) is 0.775. The quantitative estimate of drug-likeness (QED) is 0.772. The van der Waals surface area contributed by atoms with Crippen molar-refractivity contribution < 1.29 is 14.3 Å². The van der Waals surface area contributed by atoms with Gasteiger partial charge in [0.25, 0.3) is 0 Å². The molecule has 0 aliphatic carbocycles. The average Bonchev–Trinajstić information content (AvgIpc) is 2.54. The lowest BCUT2D eigenvalue weighted by atomic mass is 10.0. The molecule has 1 saturated heterocycles. The van der Waals surface area contributed by atoms with Crippen LogP contribution in [0.2, 0.25) is 0 Å². The summed E-state index contributed by atoms with van der Waals surface area (Å²) >= 11 is 0. The van der Waals surface area contributed by atoms with Crippen LogP contribution in [0.1, 0.15) is 36.0 Å². The molecule has 1 fully saturated rings. The van der Waals surface area contributed by atoms with E-state index in [9.17, 15) is 4.79 Å². The van der Waals surface area contributed by atoms with Gasteiger partial charge in [-0.15, -0.1) is 0 Å². The van der Waals surface area contributed by atoms with Crippen LogP contribution in [-0.4, -0.2) is 31.7 Å². The van der Waals surface area contributed by atoms with Crippen LogP contribution in [0, 0.1) is 0 Å². The van der Waals surface area contributed by atoms with Crippen molar-refractivity contribution in [3.05, 3.63) is 35.9 Å². The first-order valence-corrected chi connectivity index (χ1v) is 6.64. The van der Waals surface area contributed by atoms with E-state index in [1.54, 1.807) is 0 Å². The fourth-order valence-electron chi connectivity index (χ4n) is 2.14. The third-order valence-corrected chi connectivity index (χ3v) is 3.15. The van der Waals surface area contributed by atoms with Crippen molar-refractivity contribution in [3.8, 4) is 0 Å². The molecule has 1 aromatic rings. The van der Waals surface area contributed by atoms with E-state index in [0.29, 0.717) is 19.6 Å². The largest absolute Gasteiger partial charge is 0.379 e. The summed E-state index contributed by atoms with van der Waals surface area (Å²) < 4.78 is 11.1. The molecule has 3 nitrogen and oxygen atoms in total. The van der Waals surface area contributed by atoms with Crippen LogP contribution in [-0.2, 0) is 9.47 Å². The molecular weight excluding hydrogens is 228 g/mol. The highest BCUT2D eigenvalue weighted by Gasteiger charge is 2.16. The standard InChI is InChI=1S/C15H20O3/c16-15(13-6-2-1-3-7-13)12-14-8-4-5-9-17-10-11-18-14/h1-3,6-7,14H,4-5,8-12H2. The summed E-state index contributed by atoms with van der Waals surface area (Å²) in [5.74, 6) is 0.167. The number of benzene rings is 1.